The molecule has 0 unspecified atom stereocenters. The SMILES string of the molecule is CC(C)NC(=O)CN(Cc1ccccc1)S(=O)(=O)c1cccc(Cl)c1. The van der Waals surface area contributed by atoms with Crippen molar-refractivity contribution in [1.29, 1.82) is 0 Å². The minimum absolute atomic E-state index is 0.0632. The lowest BCUT2D eigenvalue weighted by Gasteiger charge is -2.22. The first-order valence-electron chi connectivity index (χ1n) is 7.88. The van der Waals surface area contributed by atoms with E-state index < -0.39 is 10.0 Å². The van der Waals surface area contributed by atoms with Crippen LogP contribution in [-0.2, 0) is 21.4 Å². The van der Waals surface area contributed by atoms with Crippen molar-refractivity contribution < 1.29 is 13.2 Å². The van der Waals surface area contributed by atoms with Gasteiger partial charge >= 0.3 is 0 Å². The van der Waals surface area contributed by atoms with E-state index in [0.717, 1.165) is 9.87 Å². The molecule has 0 aliphatic carbocycles. The van der Waals surface area contributed by atoms with Gasteiger partial charge < -0.3 is 5.32 Å². The quantitative estimate of drug-likeness (QED) is 0.802. The van der Waals surface area contributed by atoms with Gasteiger partial charge in [-0.2, -0.15) is 4.31 Å². The summed E-state index contributed by atoms with van der Waals surface area (Å²) in [5, 5.41) is 3.05. The minimum Gasteiger partial charge on any atom is -0.353 e. The van der Waals surface area contributed by atoms with E-state index in [1.165, 1.54) is 12.1 Å². The molecule has 2 aromatic carbocycles. The average Bonchev–Trinajstić information content (AvgIpc) is 2.54. The molecule has 1 amide bonds. The normalized spacial score (nSPS) is 11.7. The third-order valence-electron chi connectivity index (χ3n) is 3.41. The van der Waals surface area contributed by atoms with Crippen molar-refractivity contribution in [3.05, 3.63) is 65.2 Å². The molecule has 0 aliphatic heterocycles. The maximum absolute atomic E-state index is 13.0. The fourth-order valence-corrected chi connectivity index (χ4v) is 4.00. The van der Waals surface area contributed by atoms with E-state index in [2.05, 4.69) is 5.32 Å². The monoisotopic (exact) mass is 380 g/mol. The van der Waals surface area contributed by atoms with Crippen LogP contribution in [0.2, 0.25) is 5.02 Å². The summed E-state index contributed by atoms with van der Waals surface area (Å²) in [6, 6.07) is 15.1. The van der Waals surface area contributed by atoms with Gasteiger partial charge in [-0.3, -0.25) is 4.79 Å². The number of nitrogens with zero attached hydrogens (tertiary/aromatic N) is 1. The van der Waals surface area contributed by atoms with Gasteiger partial charge in [-0.15, -0.1) is 0 Å². The summed E-state index contributed by atoms with van der Waals surface area (Å²) in [7, 11) is -3.86. The van der Waals surface area contributed by atoms with E-state index in [1.54, 1.807) is 12.1 Å². The predicted molar refractivity (Wildman–Crippen MR) is 98.8 cm³/mol. The van der Waals surface area contributed by atoms with Crippen LogP contribution in [0.3, 0.4) is 0 Å². The molecule has 0 fully saturated rings. The van der Waals surface area contributed by atoms with E-state index in [4.69, 9.17) is 11.6 Å². The minimum atomic E-state index is -3.86. The van der Waals surface area contributed by atoms with Crippen LogP contribution < -0.4 is 5.32 Å². The van der Waals surface area contributed by atoms with Gasteiger partial charge in [-0.1, -0.05) is 48.0 Å². The van der Waals surface area contributed by atoms with Crippen LogP contribution in [0.4, 0.5) is 0 Å². The van der Waals surface area contributed by atoms with Crippen LogP contribution in [0, 0.1) is 0 Å². The number of nitrogens with one attached hydrogen (secondary N) is 1. The molecule has 25 heavy (non-hydrogen) atoms. The summed E-state index contributed by atoms with van der Waals surface area (Å²) in [6.07, 6.45) is 0. The fraction of sp³-hybridized carbons (Fsp3) is 0.278. The summed E-state index contributed by atoms with van der Waals surface area (Å²) in [4.78, 5) is 12.2. The smallest absolute Gasteiger partial charge is 0.243 e. The first kappa shape index (κ1) is 19.4. The van der Waals surface area contributed by atoms with Crippen molar-refractivity contribution in [3.63, 3.8) is 0 Å². The highest BCUT2D eigenvalue weighted by molar-refractivity contribution is 7.89. The van der Waals surface area contributed by atoms with E-state index >= 15 is 0 Å². The van der Waals surface area contributed by atoms with Crippen molar-refractivity contribution in [2.24, 2.45) is 0 Å². The standard InChI is InChI=1S/C18H21ClN2O3S/c1-14(2)20-18(22)13-21(12-15-7-4-3-5-8-15)25(23,24)17-10-6-9-16(19)11-17/h3-11,14H,12-13H2,1-2H3,(H,20,22). The van der Waals surface area contributed by atoms with Crippen molar-refractivity contribution in [2.45, 2.75) is 31.3 Å². The Morgan fingerprint density at radius 3 is 2.40 bits per heavy atom. The number of hydrogen-bond acceptors (Lipinski definition) is 3. The van der Waals surface area contributed by atoms with Crippen molar-refractivity contribution in [1.82, 2.24) is 9.62 Å². The lowest BCUT2D eigenvalue weighted by Crippen LogP contribution is -2.42. The Bertz CT molecular complexity index is 823. The van der Waals surface area contributed by atoms with E-state index in [0.29, 0.717) is 5.02 Å². The lowest BCUT2D eigenvalue weighted by molar-refractivity contribution is -0.121. The second kappa shape index (κ2) is 8.47. The average molecular weight is 381 g/mol. The maximum Gasteiger partial charge on any atom is 0.243 e. The van der Waals surface area contributed by atoms with Crippen molar-refractivity contribution >= 4 is 27.5 Å². The Kier molecular flexibility index (Phi) is 6.58. The van der Waals surface area contributed by atoms with E-state index in [1.807, 2.05) is 44.2 Å². The highest BCUT2D eigenvalue weighted by atomic mass is 35.5. The number of carbonyl (C=O) groups is 1. The molecule has 0 aliphatic rings. The van der Waals surface area contributed by atoms with Crippen LogP contribution in [-0.4, -0.2) is 31.2 Å². The van der Waals surface area contributed by atoms with Gasteiger partial charge in [0.25, 0.3) is 0 Å². The van der Waals surface area contributed by atoms with Crippen LogP contribution >= 0.6 is 11.6 Å². The topological polar surface area (TPSA) is 66.5 Å². The van der Waals surface area contributed by atoms with Crippen LogP contribution in [0.1, 0.15) is 19.4 Å². The van der Waals surface area contributed by atoms with E-state index in [-0.39, 0.29) is 29.9 Å². The molecule has 7 heteroatoms. The Hall–Kier alpha value is -1.89. The lowest BCUT2D eigenvalue weighted by atomic mass is 10.2. The van der Waals surface area contributed by atoms with Crippen molar-refractivity contribution in [2.75, 3.05) is 6.54 Å². The fourth-order valence-electron chi connectivity index (χ4n) is 2.32. The number of rotatable bonds is 7. The molecule has 0 heterocycles. The second-order valence-corrected chi connectivity index (χ2v) is 8.31. The third kappa shape index (κ3) is 5.56. The Morgan fingerprint density at radius 2 is 1.80 bits per heavy atom. The number of hydrogen-bond donors (Lipinski definition) is 1. The molecule has 0 saturated carbocycles. The molecule has 5 nitrogen and oxygen atoms in total. The maximum atomic E-state index is 13.0. The van der Waals surface area contributed by atoms with Gasteiger partial charge in [-0.05, 0) is 37.6 Å². The van der Waals surface area contributed by atoms with Crippen LogP contribution in [0.25, 0.3) is 0 Å². The molecule has 0 aromatic heterocycles. The van der Waals surface area contributed by atoms with Gasteiger partial charge in [0.1, 0.15) is 0 Å². The molecule has 0 radical (unpaired) electrons. The van der Waals surface area contributed by atoms with Crippen LogP contribution in [0.5, 0.6) is 0 Å². The Morgan fingerprint density at radius 1 is 1.12 bits per heavy atom. The summed E-state index contributed by atoms with van der Waals surface area (Å²) < 4.78 is 27.2. The molecule has 134 valence electrons. The number of halogens is 1. The molecular formula is C18H21ClN2O3S. The highest BCUT2D eigenvalue weighted by Crippen LogP contribution is 2.21. The zero-order valence-corrected chi connectivity index (χ0v) is 15.7. The molecule has 0 bridgehead atoms. The molecule has 2 rings (SSSR count). The summed E-state index contributed by atoms with van der Waals surface area (Å²) in [6.45, 7) is 3.49. The van der Waals surface area contributed by atoms with Gasteiger partial charge in [0.05, 0.1) is 11.4 Å². The number of sulfonamides is 1. The molecular weight excluding hydrogens is 360 g/mol. The second-order valence-electron chi connectivity index (χ2n) is 5.94. The van der Waals surface area contributed by atoms with Gasteiger partial charge in [0.2, 0.25) is 15.9 Å². The number of amides is 1. The summed E-state index contributed by atoms with van der Waals surface area (Å²) in [5.41, 5.74) is 0.797. The number of benzene rings is 2. The van der Waals surface area contributed by atoms with E-state index in [9.17, 15) is 13.2 Å². The third-order valence-corrected chi connectivity index (χ3v) is 5.43. The Balaban J connectivity index is 2.34. The first-order valence-corrected chi connectivity index (χ1v) is 9.70. The summed E-state index contributed by atoms with van der Waals surface area (Å²) >= 11 is 5.93. The largest absolute Gasteiger partial charge is 0.353 e. The van der Waals surface area contributed by atoms with Gasteiger partial charge in [0.15, 0.2) is 0 Å². The molecule has 0 atom stereocenters. The Labute approximate surface area is 153 Å². The zero-order chi connectivity index (χ0) is 18.4. The molecule has 1 N–H and O–H groups in total. The van der Waals surface area contributed by atoms with Crippen molar-refractivity contribution in [3.8, 4) is 0 Å². The van der Waals surface area contributed by atoms with Gasteiger partial charge in [0, 0.05) is 17.6 Å². The number of carbonyl (C=O) groups excluding carboxylic acids is 1. The van der Waals surface area contributed by atoms with Gasteiger partial charge in [-0.25, -0.2) is 8.42 Å². The predicted octanol–water partition coefficient (Wildman–Crippen LogP) is 3.06. The first-order chi connectivity index (χ1) is 11.8. The molecule has 0 saturated heterocycles. The molecule has 2 aromatic rings. The van der Waals surface area contributed by atoms with Crippen LogP contribution in [0.15, 0.2) is 59.5 Å². The summed E-state index contributed by atoms with van der Waals surface area (Å²) in [5.74, 6) is -0.350. The molecule has 0 spiro atoms. The zero-order valence-electron chi connectivity index (χ0n) is 14.1. The highest BCUT2D eigenvalue weighted by Gasteiger charge is 2.27.